The van der Waals surface area contributed by atoms with E-state index < -0.39 is 23.4 Å². The Morgan fingerprint density at radius 2 is 1.81 bits per heavy atom. The molecule has 4 rings (SSSR count). The van der Waals surface area contributed by atoms with Crippen LogP contribution < -0.4 is 5.73 Å². The van der Waals surface area contributed by atoms with Crippen LogP contribution in [-0.2, 0) is 11.2 Å². The summed E-state index contributed by atoms with van der Waals surface area (Å²) in [5, 5.41) is 0.461. The maximum Gasteiger partial charge on any atom is 0.250 e. The summed E-state index contributed by atoms with van der Waals surface area (Å²) in [4.78, 5) is 30.9. The van der Waals surface area contributed by atoms with E-state index in [1.165, 1.54) is 24.3 Å². The van der Waals surface area contributed by atoms with Gasteiger partial charge in [-0.15, -0.1) is 0 Å². The number of pyridine rings is 1. The lowest BCUT2D eigenvalue weighted by molar-refractivity contribution is -0.131. The first-order chi connectivity index (χ1) is 14.8. The summed E-state index contributed by atoms with van der Waals surface area (Å²) < 4.78 is 40.9. The minimum atomic E-state index is -0.682. The number of piperidine rings is 1. The zero-order chi connectivity index (χ0) is 22.1. The SMILES string of the molecule is NC(=O)c1cc2cc(F)ccc2nc1[C@H]1CCCN(C(=O)Cc2cc(F)ccc2F)C1. The number of nitrogens with two attached hydrogens (primary N) is 1. The van der Waals surface area contributed by atoms with Crippen LogP contribution in [0.25, 0.3) is 10.9 Å². The van der Waals surface area contributed by atoms with Crippen LogP contribution in [0.5, 0.6) is 0 Å². The Bertz CT molecular complexity index is 1180. The molecule has 8 heteroatoms. The molecule has 1 fully saturated rings. The first-order valence-electron chi connectivity index (χ1n) is 9.93. The van der Waals surface area contributed by atoms with E-state index >= 15 is 0 Å². The highest BCUT2D eigenvalue weighted by molar-refractivity contribution is 5.98. The van der Waals surface area contributed by atoms with Crippen molar-refractivity contribution in [3.05, 3.63) is 76.7 Å². The van der Waals surface area contributed by atoms with E-state index in [1.807, 2.05) is 0 Å². The number of aromatic nitrogens is 1. The Balaban J connectivity index is 1.60. The van der Waals surface area contributed by atoms with Gasteiger partial charge in [0.05, 0.1) is 23.2 Å². The largest absolute Gasteiger partial charge is 0.366 e. The number of hydrogen-bond donors (Lipinski definition) is 1. The van der Waals surface area contributed by atoms with Gasteiger partial charge < -0.3 is 10.6 Å². The molecule has 160 valence electrons. The number of fused-ring (bicyclic) bond motifs is 1. The van der Waals surface area contributed by atoms with E-state index in [4.69, 9.17) is 5.73 Å². The lowest BCUT2D eigenvalue weighted by atomic mass is 9.90. The van der Waals surface area contributed by atoms with Gasteiger partial charge >= 0.3 is 0 Å². The summed E-state index contributed by atoms with van der Waals surface area (Å²) >= 11 is 0. The highest BCUT2D eigenvalue weighted by Gasteiger charge is 2.29. The van der Waals surface area contributed by atoms with E-state index in [2.05, 4.69) is 4.98 Å². The van der Waals surface area contributed by atoms with E-state index in [-0.39, 0.29) is 35.9 Å². The van der Waals surface area contributed by atoms with Crippen molar-refractivity contribution in [2.75, 3.05) is 13.1 Å². The smallest absolute Gasteiger partial charge is 0.250 e. The molecule has 0 saturated carbocycles. The van der Waals surface area contributed by atoms with Crippen LogP contribution in [0, 0.1) is 17.5 Å². The molecular formula is C23H20F3N3O2. The molecule has 1 aromatic heterocycles. The fraction of sp³-hybridized carbons (Fsp3) is 0.261. The van der Waals surface area contributed by atoms with Gasteiger partial charge in [-0.25, -0.2) is 13.2 Å². The molecule has 0 spiro atoms. The second-order valence-electron chi connectivity index (χ2n) is 7.71. The summed E-state index contributed by atoms with van der Waals surface area (Å²) in [5.41, 5.74) is 6.71. The van der Waals surface area contributed by atoms with Gasteiger partial charge in [0.1, 0.15) is 17.5 Å². The van der Waals surface area contributed by atoms with E-state index in [9.17, 15) is 22.8 Å². The van der Waals surface area contributed by atoms with Gasteiger partial charge in [0.2, 0.25) is 5.91 Å². The number of benzene rings is 2. The van der Waals surface area contributed by atoms with Crippen LogP contribution in [-0.4, -0.2) is 34.8 Å². The fourth-order valence-electron chi connectivity index (χ4n) is 4.05. The molecule has 2 N–H and O–H groups in total. The highest BCUT2D eigenvalue weighted by atomic mass is 19.1. The van der Waals surface area contributed by atoms with Gasteiger partial charge in [0.25, 0.3) is 5.91 Å². The molecule has 1 atom stereocenters. The second-order valence-corrected chi connectivity index (χ2v) is 7.71. The second kappa shape index (κ2) is 8.37. The average molecular weight is 427 g/mol. The van der Waals surface area contributed by atoms with Crippen molar-refractivity contribution in [3.63, 3.8) is 0 Å². The monoisotopic (exact) mass is 427 g/mol. The third-order valence-electron chi connectivity index (χ3n) is 5.58. The Morgan fingerprint density at radius 1 is 1.06 bits per heavy atom. The third-order valence-corrected chi connectivity index (χ3v) is 5.58. The van der Waals surface area contributed by atoms with Crippen LogP contribution in [0.3, 0.4) is 0 Å². The number of carbonyl (C=O) groups excluding carboxylic acids is 2. The van der Waals surface area contributed by atoms with Crippen molar-refractivity contribution in [1.82, 2.24) is 9.88 Å². The summed E-state index contributed by atoms with van der Waals surface area (Å²) in [6, 6.07) is 8.63. The van der Waals surface area contributed by atoms with Gasteiger partial charge in [-0.05, 0) is 55.3 Å². The number of hydrogen-bond acceptors (Lipinski definition) is 3. The van der Waals surface area contributed by atoms with Crippen LogP contribution in [0.2, 0.25) is 0 Å². The number of halogens is 3. The molecule has 0 radical (unpaired) electrons. The molecule has 2 amide bonds. The van der Waals surface area contributed by atoms with E-state index in [0.29, 0.717) is 36.0 Å². The predicted molar refractivity (Wildman–Crippen MR) is 109 cm³/mol. The fourth-order valence-corrected chi connectivity index (χ4v) is 4.05. The minimum Gasteiger partial charge on any atom is -0.366 e. The average Bonchev–Trinajstić information content (AvgIpc) is 2.75. The molecule has 1 aliphatic heterocycles. The number of amides is 2. The number of carbonyl (C=O) groups is 2. The zero-order valence-electron chi connectivity index (χ0n) is 16.6. The van der Waals surface area contributed by atoms with Crippen LogP contribution >= 0.6 is 0 Å². The minimum absolute atomic E-state index is 0.00388. The van der Waals surface area contributed by atoms with Crippen molar-refractivity contribution in [1.29, 1.82) is 0 Å². The van der Waals surface area contributed by atoms with Crippen molar-refractivity contribution >= 4 is 22.7 Å². The molecule has 0 unspecified atom stereocenters. The van der Waals surface area contributed by atoms with Gasteiger partial charge in [0.15, 0.2) is 0 Å². The molecule has 0 bridgehead atoms. The summed E-state index contributed by atoms with van der Waals surface area (Å²) in [7, 11) is 0. The van der Waals surface area contributed by atoms with Crippen LogP contribution in [0.1, 0.15) is 40.4 Å². The van der Waals surface area contributed by atoms with Crippen molar-refractivity contribution in [2.24, 2.45) is 5.73 Å². The predicted octanol–water partition coefficient (Wildman–Crippen LogP) is 3.70. The van der Waals surface area contributed by atoms with Crippen molar-refractivity contribution < 1.29 is 22.8 Å². The van der Waals surface area contributed by atoms with Crippen molar-refractivity contribution in [2.45, 2.75) is 25.2 Å². The third kappa shape index (κ3) is 4.38. The Morgan fingerprint density at radius 3 is 2.58 bits per heavy atom. The molecule has 1 aliphatic rings. The lowest BCUT2D eigenvalue weighted by Gasteiger charge is -2.33. The van der Waals surface area contributed by atoms with E-state index in [0.717, 1.165) is 18.2 Å². The van der Waals surface area contributed by atoms with Gasteiger partial charge in [-0.2, -0.15) is 0 Å². The topological polar surface area (TPSA) is 76.3 Å². The maximum atomic E-state index is 13.9. The molecule has 5 nitrogen and oxygen atoms in total. The molecule has 3 aromatic rings. The quantitative estimate of drug-likeness (QED) is 0.690. The first-order valence-corrected chi connectivity index (χ1v) is 9.93. The number of rotatable bonds is 4. The molecule has 2 heterocycles. The number of primary amides is 1. The highest BCUT2D eigenvalue weighted by Crippen LogP contribution is 2.30. The summed E-state index contributed by atoms with van der Waals surface area (Å²) in [6.45, 7) is 0.743. The molecule has 2 aromatic carbocycles. The number of nitrogens with zero attached hydrogens (tertiary/aromatic N) is 2. The Hall–Kier alpha value is -3.42. The first kappa shape index (κ1) is 20.8. The molecular weight excluding hydrogens is 407 g/mol. The van der Waals surface area contributed by atoms with Crippen LogP contribution in [0.15, 0.2) is 42.5 Å². The Labute approximate surface area is 176 Å². The molecule has 31 heavy (non-hydrogen) atoms. The summed E-state index contributed by atoms with van der Waals surface area (Å²) in [6.07, 6.45) is 1.07. The zero-order valence-corrected chi connectivity index (χ0v) is 16.6. The molecule has 0 aliphatic carbocycles. The lowest BCUT2D eigenvalue weighted by Crippen LogP contribution is -2.40. The number of likely N-dealkylation sites (tertiary alicyclic amines) is 1. The van der Waals surface area contributed by atoms with Gasteiger partial charge in [-0.3, -0.25) is 14.6 Å². The maximum absolute atomic E-state index is 13.9. The standard InChI is InChI=1S/C23H20F3N3O2/c24-16-3-5-19(26)14(8-16)11-21(30)29-7-1-2-13(12-29)22-18(23(27)31)10-15-9-17(25)4-6-20(15)28-22/h3-6,8-10,13H,1-2,7,11-12H2,(H2,27,31)/t13-/m0/s1. The van der Waals surface area contributed by atoms with E-state index in [1.54, 1.807) is 4.90 Å². The molecule has 1 saturated heterocycles. The summed E-state index contributed by atoms with van der Waals surface area (Å²) in [5.74, 6) is -2.97. The van der Waals surface area contributed by atoms with Gasteiger partial charge in [0, 0.05) is 30.0 Å². The van der Waals surface area contributed by atoms with Gasteiger partial charge in [-0.1, -0.05) is 0 Å². The normalized spacial score (nSPS) is 16.5. The Kier molecular flexibility index (Phi) is 5.63. The van der Waals surface area contributed by atoms with Crippen LogP contribution in [0.4, 0.5) is 13.2 Å². The van der Waals surface area contributed by atoms with Crippen molar-refractivity contribution in [3.8, 4) is 0 Å².